The first kappa shape index (κ1) is 13.8. The molecule has 1 aromatic heterocycles. The first-order valence-corrected chi connectivity index (χ1v) is 5.35. The predicted molar refractivity (Wildman–Crippen MR) is 62.8 cm³/mol. The molecule has 1 heterocycles. The van der Waals surface area contributed by atoms with E-state index in [1.807, 2.05) is 0 Å². The number of benzene rings is 1. The Bertz CT molecular complexity index is 644. The van der Waals surface area contributed by atoms with E-state index in [0.717, 1.165) is 12.1 Å². The van der Waals surface area contributed by atoms with Crippen LogP contribution in [0.1, 0.15) is 16.1 Å². The lowest BCUT2D eigenvalue weighted by Crippen LogP contribution is -2.15. The van der Waals surface area contributed by atoms with Crippen molar-refractivity contribution in [1.82, 2.24) is 9.97 Å². The molecule has 0 aliphatic heterocycles. The summed E-state index contributed by atoms with van der Waals surface area (Å²) >= 11 is 0. The van der Waals surface area contributed by atoms with Crippen LogP contribution in [0.4, 0.5) is 19.1 Å². The molecule has 2 aromatic rings. The van der Waals surface area contributed by atoms with E-state index in [0.29, 0.717) is 0 Å². The summed E-state index contributed by atoms with van der Waals surface area (Å²) in [6, 6.07) is 5.58. The lowest BCUT2D eigenvalue weighted by Gasteiger charge is -2.12. The number of aromatic nitrogens is 2. The number of para-hydroxylation sites is 1. The summed E-state index contributed by atoms with van der Waals surface area (Å²) in [5.41, 5.74) is 4.01. The molecule has 0 spiro atoms. The van der Waals surface area contributed by atoms with E-state index >= 15 is 0 Å². The molecular weight excluding hydrogens is 275 g/mol. The van der Waals surface area contributed by atoms with Gasteiger partial charge in [0.25, 0.3) is 0 Å². The minimum Gasteiger partial charge on any atom is -0.421 e. The zero-order valence-electron chi connectivity index (χ0n) is 9.89. The maximum atomic E-state index is 12.7. The molecular formula is C12H8F3N3O2. The van der Waals surface area contributed by atoms with E-state index in [9.17, 15) is 18.0 Å². The summed E-state index contributed by atoms with van der Waals surface area (Å²) in [6.07, 6.45) is -3.42. The van der Waals surface area contributed by atoms with E-state index in [1.54, 1.807) is 0 Å². The van der Waals surface area contributed by atoms with E-state index in [-0.39, 0.29) is 11.6 Å². The third kappa shape index (κ3) is 3.02. The molecule has 0 aliphatic rings. The fraction of sp³-hybridized carbons (Fsp3) is 0.0833. The minimum atomic E-state index is -4.62. The number of anilines is 1. The Morgan fingerprint density at radius 3 is 2.55 bits per heavy atom. The molecule has 0 radical (unpaired) electrons. The Labute approximate surface area is 111 Å². The number of halogens is 3. The average molecular weight is 283 g/mol. The van der Waals surface area contributed by atoms with Crippen LogP contribution in [0.3, 0.4) is 0 Å². The second-order valence-corrected chi connectivity index (χ2v) is 3.68. The summed E-state index contributed by atoms with van der Waals surface area (Å²) in [6.45, 7) is 0. The first-order chi connectivity index (χ1) is 9.38. The molecule has 2 rings (SSSR count). The molecule has 0 bridgehead atoms. The maximum Gasteiger partial charge on any atom is 0.419 e. The van der Waals surface area contributed by atoms with Crippen molar-refractivity contribution in [2.24, 2.45) is 0 Å². The maximum absolute atomic E-state index is 12.7. The minimum absolute atomic E-state index is 0.177. The molecule has 0 saturated heterocycles. The van der Waals surface area contributed by atoms with Gasteiger partial charge in [0.2, 0.25) is 5.95 Å². The highest BCUT2D eigenvalue weighted by atomic mass is 19.4. The van der Waals surface area contributed by atoms with Gasteiger partial charge < -0.3 is 10.5 Å². The predicted octanol–water partition coefficient (Wildman–Crippen LogP) is 2.30. The van der Waals surface area contributed by atoms with E-state index < -0.39 is 23.5 Å². The van der Waals surface area contributed by atoms with Gasteiger partial charge in [-0.1, -0.05) is 12.1 Å². The second-order valence-electron chi connectivity index (χ2n) is 3.68. The Kier molecular flexibility index (Phi) is 3.55. The number of carbonyl (C=O) groups is 1. The van der Waals surface area contributed by atoms with Crippen LogP contribution in [0.25, 0.3) is 0 Å². The van der Waals surface area contributed by atoms with E-state index in [4.69, 9.17) is 10.5 Å². The average Bonchev–Trinajstić information content (AvgIpc) is 2.38. The fourth-order valence-corrected chi connectivity index (χ4v) is 1.43. The molecule has 104 valence electrons. The zero-order chi connectivity index (χ0) is 14.8. The summed E-state index contributed by atoms with van der Waals surface area (Å²) in [5.74, 6) is -1.82. The second kappa shape index (κ2) is 5.16. The van der Waals surface area contributed by atoms with Gasteiger partial charge in [-0.05, 0) is 18.2 Å². The third-order valence-electron chi connectivity index (χ3n) is 2.28. The summed E-state index contributed by atoms with van der Waals surface area (Å²) in [7, 11) is 0. The highest BCUT2D eigenvalue weighted by Gasteiger charge is 2.34. The monoisotopic (exact) mass is 283 g/mol. The number of hydrogen-bond acceptors (Lipinski definition) is 5. The first-order valence-electron chi connectivity index (χ1n) is 5.35. The number of ether oxygens (including phenoxy) is 1. The van der Waals surface area contributed by atoms with Crippen LogP contribution >= 0.6 is 0 Å². The van der Waals surface area contributed by atoms with E-state index in [2.05, 4.69) is 9.97 Å². The number of nitrogens with two attached hydrogens (primary N) is 1. The molecule has 8 heteroatoms. The van der Waals surface area contributed by atoms with Gasteiger partial charge in [0.15, 0.2) is 5.69 Å². The van der Waals surface area contributed by atoms with Crippen molar-refractivity contribution in [2.45, 2.75) is 6.18 Å². The standard InChI is InChI=1S/C12H8F3N3O2/c13-12(14,15)7-3-1-2-4-9(7)20-10(19)8-5-6-17-11(16)18-8/h1-6H,(H2,16,17,18). The zero-order valence-corrected chi connectivity index (χ0v) is 9.89. The van der Waals surface area contributed by atoms with Crippen LogP contribution in [0, 0.1) is 0 Å². The number of hydrogen-bond donors (Lipinski definition) is 1. The largest absolute Gasteiger partial charge is 0.421 e. The molecule has 0 amide bonds. The molecule has 0 aliphatic carbocycles. The molecule has 0 fully saturated rings. The van der Waals surface area contributed by atoms with Gasteiger partial charge in [0.05, 0.1) is 5.56 Å². The Morgan fingerprint density at radius 1 is 1.20 bits per heavy atom. The van der Waals surface area contributed by atoms with Crippen molar-refractivity contribution < 1.29 is 22.7 Å². The van der Waals surface area contributed by atoms with Crippen LogP contribution in [-0.4, -0.2) is 15.9 Å². The van der Waals surface area contributed by atoms with Gasteiger partial charge in [-0.15, -0.1) is 0 Å². The topological polar surface area (TPSA) is 78.1 Å². The van der Waals surface area contributed by atoms with Gasteiger partial charge >= 0.3 is 12.1 Å². The van der Waals surface area contributed by atoms with Crippen molar-refractivity contribution in [1.29, 1.82) is 0 Å². The lowest BCUT2D eigenvalue weighted by atomic mass is 10.2. The quantitative estimate of drug-likeness (QED) is 0.676. The Hall–Kier alpha value is -2.64. The van der Waals surface area contributed by atoms with Crippen LogP contribution in [0.15, 0.2) is 36.5 Å². The summed E-state index contributed by atoms with van der Waals surface area (Å²) < 4.78 is 42.9. The smallest absolute Gasteiger partial charge is 0.419 e. The molecule has 2 N–H and O–H groups in total. The SMILES string of the molecule is Nc1nccc(C(=O)Oc2ccccc2C(F)(F)F)n1. The Morgan fingerprint density at radius 2 is 1.90 bits per heavy atom. The molecule has 0 atom stereocenters. The molecule has 0 unspecified atom stereocenters. The molecule has 20 heavy (non-hydrogen) atoms. The van der Waals surface area contributed by atoms with Gasteiger partial charge in [-0.25, -0.2) is 14.8 Å². The van der Waals surface area contributed by atoms with Crippen LogP contribution in [0.5, 0.6) is 5.75 Å². The number of nitrogen functional groups attached to an aromatic ring is 1. The summed E-state index contributed by atoms with van der Waals surface area (Å²) in [5, 5.41) is 0. The van der Waals surface area contributed by atoms with Crippen molar-refractivity contribution in [3.8, 4) is 5.75 Å². The van der Waals surface area contributed by atoms with Crippen LogP contribution in [-0.2, 0) is 6.18 Å². The number of carbonyl (C=O) groups excluding carboxylic acids is 1. The Balaban J connectivity index is 2.29. The normalized spacial score (nSPS) is 11.2. The van der Waals surface area contributed by atoms with Gasteiger partial charge in [0, 0.05) is 6.20 Å². The van der Waals surface area contributed by atoms with Gasteiger partial charge in [-0.2, -0.15) is 13.2 Å². The van der Waals surface area contributed by atoms with Gasteiger partial charge in [0.1, 0.15) is 5.75 Å². The van der Waals surface area contributed by atoms with Crippen LogP contribution < -0.4 is 10.5 Å². The van der Waals surface area contributed by atoms with Crippen LogP contribution in [0.2, 0.25) is 0 Å². The number of esters is 1. The molecule has 1 aromatic carbocycles. The lowest BCUT2D eigenvalue weighted by molar-refractivity contribution is -0.138. The third-order valence-corrected chi connectivity index (χ3v) is 2.28. The number of rotatable bonds is 2. The van der Waals surface area contributed by atoms with Gasteiger partial charge in [-0.3, -0.25) is 0 Å². The van der Waals surface area contributed by atoms with Crippen molar-refractivity contribution in [3.05, 3.63) is 47.8 Å². The highest BCUT2D eigenvalue weighted by molar-refractivity contribution is 5.89. The number of alkyl halides is 3. The molecule has 0 saturated carbocycles. The van der Waals surface area contributed by atoms with Crippen molar-refractivity contribution in [3.63, 3.8) is 0 Å². The molecule has 5 nitrogen and oxygen atoms in total. The number of nitrogens with zero attached hydrogens (tertiary/aromatic N) is 2. The summed E-state index contributed by atoms with van der Waals surface area (Å²) in [4.78, 5) is 18.8. The van der Waals surface area contributed by atoms with Crippen molar-refractivity contribution in [2.75, 3.05) is 5.73 Å². The fourth-order valence-electron chi connectivity index (χ4n) is 1.43. The highest BCUT2D eigenvalue weighted by Crippen LogP contribution is 2.36. The van der Waals surface area contributed by atoms with Crippen molar-refractivity contribution >= 4 is 11.9 Å². The van der Waals surface area contributed by atoms with E-state index in [1.165, 1.54) is 24.4 Å².